The number of aryl methyl sites for hydroxylation is 1. The van der Waals surface area contributed by atoms with Gasteiger partial charge in [0.1, 0.15) is 0 Å². The van der Waals surface area contributed by atoms with Crippen LogP contribution in [0, 0.1) is 12.8 Å². The predicted molar refractivity (Wildman–Crippen MR) is 69.3 cm³/mol. The minimum absolute atomic E-state index is 0.148. The van der Waals surface area contributed by atoms with Crippen LogP contribution in [0.15, 0.2) is 11.4 Å². The van der Waals surface area contributed by atoms with E-state index in [1.54, 1.807) is 11.3 Å². The van der Waals surface area contributed by atoms with Crippen LogP contribution in [0.4, 0.5) is 0 Å². The molecule has 0 radical (unpaired) electrons. The molecule has 2 rings (SSSR count). The molecule has 2 unspecified atom stereocenters. The SMILES string of the molecule is Cc1ccsc1CNC1CCCC(C(=O)O)C1. The number of nitrogens with one attached hydrogen (secondary N) is 1. The van der Waals surface area contributed by atoms with Crippen molar-refractivity contribution < 1.29 is 9.90 Å². The minimum Gasteiger partial charge on any atom is -0.481 e. The third kappa shape index (κ3) is 3.30. The highest BCUT2D eigenvalue weighted by Gasteiger charge is 2.26. The zero-order valence-electron chi connectivity index (χ0n) is 10.1. The lowest BCUT2D eigenvalue weighted by Gasteiger charge is -2.27. The van der Waals surface area contributed by atoms with Crippen molar-refractivity contribution in [2.45, 2.75) is 45.2 Å². The summed E-state index contributed by atoms with van der Waals surface area (Å²) < 4.78 is 0. The molecule has 1 heterocycles. The summed E-state index contributed by atoms with van der Waals surface area (Å²) in [7, 11) is 0. The Hall–Kier alpha value is -0.870. The first-order valence-corrected chi connectivity index (χ1v) is 7.04. The standard InChI is InChI=1S/C13H19NO2S/c1-9-5-6-17-12(9)8-14-11-4-2-3-10(7-11)13(15)16/h5-6,10-11,14H,2-4,7-8H2,1H3,(H,15,16). The highest BCUT2D eigenvalue weighted by atomic mass is 32.1. The number of aliphatic carboxylic acids is 1. The summed E-state index contributed by atoms with van der Waals surface area (Å²) >= 11 is 1.77. The maximum absolute atomic E-state index is 11.0. The molecule has 1 fully saturated rings. The molecule has 0 saturated heterocycles. The van der Waals surface area contributed by atoms with Crippen LogP contribution >= 0.6 is 11.3 Å². The quantitative estimate of drug-likeness (QED) is 0.867. The van der Waals surface area contributed by atoms with E-state index in [4.69, 9.17) is 5.11 Å². The molecule has 1 aliphatic carbocycles. The Balaban J connectivity index is 1.83. The molecule has 2 atom stereocenters. The van der Waals surface area contributed by atoms with E-state index in [9.17, 15) is 4.79 Å². The molecule has 0 bridgehead atoms. The van der Waals surface area contributed by atoms with Gasteiger partial charge in [-0.05, 0) is 43.2 Å². The molecular weight excluding hydrogens is 234 g/mol. The summed E-state index contributed by atoms with van der Waals surface area (Å²) in [5, 5.41) is 14.6. The Morgan fingerprint density at radius 1 is 1.59 bits per heavy atom. The Kier molecular flexibility index (Phi) is 4.18. The molecule has 4 heteroatoms. The summed E-state index contributed by atoms with van der Waals surface area (Å²) in [4.78, 5) is 12.3. The maximum Gasteiger partial charge on any atom is 0.306 e. The first-order chi connectivity index (χ1) is 8.16. The van der Waals surface area contributed by atoms with E-state index < -0.39 is 5.97 Å². The number of carboxylic acids is 1. The maximum atomic E-state index is 11.0. The van der Waals surface area contributed by atoms with Gasteiger partial charge in [-0.25, -0.2) is 0 Å². The van der Waals surface area contributed by atoms with Crippen LogP contribution in [-0.2, 0) is 11.3 Å². The monoisotopic (exact) mass is 253 g/mol. The first kappa shape index (κ1) is 12.6. The number of rotatable bonds is 4. The Morgan fingerprint density at radius 2 is 2.41 bits per heavy atom. The summed E-state index contributed by atoms with van der Waals surface area (Å²) in [5.74, 6) is -0.783. The molecule has 1 aromatic heterocycles. The van der Waals surface area contributed by atoms with Gasteiger partial charge in [-0.15, -0.1) is 11.3 Å². The van der Waals surface area contributed by atoms with Gasteiger partial charge >= 0.3 is 5.97 Å². The fraction of sp³-hybridized carbons (Fsp3) is 0.615. The second-order valence-electron chi connectivity index (χ2n) is 4.81. The molecule has 2 N–H and O–H groups in total. The van der Waals surface area contributed by atoms with Crippen LogP contribution in [0.5, 0.6) is 0 Å². The van der Waals surface area contributed by atoms with E-state index >= 15 is 0 Å². The van der Waals surface area contributed by atoms with Gasteiger partial charge in [0.15, 0.2) is 0 Å². The van der Waals surface area contributed by atoms with Crippen molar-refractivity contribution in [1.82, 2.24) is 5.32 Å². The third-order valence-corrected chi connectivity index (χ3v) is 4.57. The summed E-state index contributed by atoms with van der Waals surface area (Å²) in [5.41, 5.74) is 1.33. The Morgan fingerprint density at radius 3 is 3.06 bits per heavy atom. The molecule has 1 aromatic rings. The fourth-order valence-electron chi connectivity index (χ4n) is 2.42. The largest absolute Gasteiger partial charge is 0.481 e. The van der Waals surface area contributed by atoms with Crippen LogP contribution in [0.3, 0.4) is 0 Å². The molecule has 0 aliphatic heterocycles. The van der Waals surface area contributed by atoms with Crippen molar-refractivity contribution in [2.24, 2.45) is 5.92 Å². The van der Waals surface area contributed by atoms with Gasteiger partial charge in [-0.2, -0.15) is 0 Å². The smallest absolute Gasteiger partial charge is 0.306 e. The van der Waals surface area contributed by atoms with Crippen molar-refractivity contribution in [3.63, 3.8) is 0 Å². The number of thiophene rings is 1. The summed E-state index contributed by atoms with van der Waals surface area (Å²) in [6.07, 6.45) is 3.75. The molecule has 0 aromatic carbocycles. The van der Waals surface area contributed by atoms with Crippen molar-refractivity contribution in [1.29, 1.82) is 0 Å². The molecule has 3 nitrogen and oxygen atoms in total. The molecule has 0 spiro atoms. The fourth-order valence-corrected chi connectivity index (χ4v) is 3.28. The topological polar surface area (TPSA) is 49.3 Å². The lowest BCUT2D eigenvalue weighted by Crippen LogP contribution is -2.35. The van der Waals surface area contributed by atoms with Crippen molar-refractivity contribution in [3.8, 4) is 0 Å². The van der Waals surface area contributed by atoms with Gasteiger partial charge in [-0.1, -0.05) is 6.42 Å². The van der Waals surface area contributed by atoms with Crippen molar-refractivity contribution in [3.05, 3.63) is 21.9 Å². The van der Waals surface area contributed by atoms with Crippen LogP contribution in [-0.4, -0.2) is 17.1 Å². The Labute approximate surface area is 106 Å². The summed E-state index contributed by atoms with van der Waals surface area (Å²) in [6, 6.07) is 2.49. The zero-order valence-corrected chi connectivity index (χ0v) is 10.9. The number of carbonyl (C=O) groups is 1. The normalized spacial score (nSPS) is 24.8. The van der Waals surface area contributed by atoms with Crippen LogP contribution < -0.4 is 5.32 Å². The average molecular weight is 253 g/mol. The van der Waals surface area contributed by atoms with Gasteiger partial charge in [0.05, 0.1) is 5.92 Å². The van der Waals surface area contributed by atoms with E-state index in [1.165, 1.54) is 10.4 Å². The van der Waals surface area contributed by atoms with Crippen molar-refractivity contribution >= 4 is 17.3 Å². The number of hydrogen-bond acceptors (Lipinski definition) is 3. The van der Waals surface area contributed by atoms with Crippen LogP contribution in [0.25, 0.3) is 0 Å². The Bertz CT molecular complexity index is 389. The van der Waals surface area contributed by atoms with E-state index in [-0.39, 0.29) is 5.92 Å². The molecule has 0 amide bonds. The van der Waals surface area contributed by atoms with Gasteiger partial charge in [0, 0.05) is 17.5 Å². The zero-order chi connectivity index (χ0) is 12.3. The van der Waals surface area contributed by atoms with Gasteiger partial charge in [-0.3, -0.25) is 4.79 Å². The van der Waals surface area contributed by atoms with E-state index in [1.807, 2.05) is 0 Å². The lowest BCUT2D eigenvalue weighted by atomic mass is 9.86. The number of carboxylic acid groups (broad SMARTS) is 1. The van der Waals surface area contributed by atoms with Gasteiger partial charge in [0.2, 0.25) is 0 Å². The second-order valence-corrected chi connectivity index (χ2v) is 5.81. The first-order valence-electron chi connectivity index (χ1n) is 6.16. The van der Waals surface area contributed by atoms with Gasteiger partial charge in [0.25, 0.3) is 0 Å². The molecule has 94 valence electrons. The molecular formula is C13H19NO2S. The average Bonchev–Trinajstić information content (AvgIpc) is 2.72. The minimum atomic E-state index is -0.635. The molecule has 17 heavy (non-hydrogen) atoms. The highest BCUT2D eigenvalue weighted by Crippen LogP contribution is 2.25. The molecule has 1 aliphatic rings. The van der Waals surface area contributed by atoms with Crippen LogP contribution in [0.1, 0.15) is 36.1 Å². The van der Waals surface area contributed by atoms with Crippen molar-refractivity contribution in [2.75, 3.05) is 0 Å². The molecule has 1 saturated carbocycles. The van der Waals surface area contributed by atoms with E-state index in [2.05, 4.69) is 23.7 Å². The predicted octanol–water partition coefficient (Wildman–Crippen LogP) is 2.79. The van der Waals surface area contributed by atoms with E-state index in [0.717, 1.165) is 32.2 Å². The highest BCUT2D eigenvalue weighted by molar-refractivity contribution is 7.10. The number of hydrogen-bond donors (Lipinski definition) is 2. The third-order valence-electron chi connectivity index (χ3n) is 3.54. The summed E-state index contributed by atoms with van der Waals surface area (Å²) in [6.45, 7) is 2.99. The van der Waals surface area contributed by atoms with Crippen LogP contribution in [0.2, 0.25) is 0 Å². The second kappa shape index (κ2) is 5.65. The van der Waals surface area contributed by atoms with Gasteiger partial charge < -0.3 is 10.4 Å². The van der Waals surface area contributed by atoms with E-state index in [0.29, 0.717) is 6.04 Å². The lowest BCUT2D eigenvalue weighted by molar-refractivity contribution is -0.143.